The van der Waals surface area contributed by atoms with Gasteiger partial charge in [0.05, 0.1) is 0 Å². The second-order valence-corrected chi connectivity index (χ2v) is 1.01. The van der Waals surface area contributed by atoms with Crippen molar-refractivity contribution in [2.24, 2.45) is 0 Å². The summed E-state index contributed by atoms with van der Waals surface area (Å²) in [4.78, 5) is 9.45. The molecule has 2 N–H and O–H groups in total. The Hall–Kier alpha value is 1.83. The van der Waals surface area contributed by atoms with Gasteiger partial charge in [-0.2, -0.15) is 0 Å². The molecule has 0 aromatic heterocycles. The van der Waals surface area contributed by atoms with Gasteiger partial charge >= 0.3 is 43.7 Å². The third kappa shape index (κ3) is 17.7. The van der Waals surface area contributed by atoms with Gasteiger partial charge in [0, 0.05) is 36.5 Å². The van der Waals surface area contributed by atoms with E-state index in [1.807, 2.05) is 0 Å². The number of aliphatic hydroxyl groups excluding tert-OH is 1. The molecule has 0 aromatic rings. The van der Waals surface area contributed by atoms with E-state index in [1.165, 1.54) is 6.92 Å². The van der Waals surface area contributed by atoms with Crippen molar-refractivity contribution in [3.05, 3.63) is 0 Å². The summed E-state index contributed by atoms with van der Waals surface area (Å²) in [5, 5.41) is 15.8. The molecule has 0 amide bonds. The first kappa shape index (κ1) is 22.4. The summed E-state index contributed by atoms with van der Waals surface area (Å²) in [7, 11) is 0. The fourth-order valence-corrected chi connectivity index (χ4v) is 0. The Morgan fingerprint density at radius 2 is 1.67 bits per heavy atom. The molecule has 0 aliphatic carbocycles. The summed E-state index contributed by atoms with van der Waals surface area (Å²) >= 11 is 0. The topological polar surface area (TPSA) is 57.5 Å². The van der Waals surface area contributed by atoms with Crippen LogP contribution < -0.4 is 0 Å². The molecule has 50 valence electrons. The molecule has 3 nitrogen and oxygen atoms in total. The van der Waals surface area contributed by atoms with Gasteiger partial charge in [-0.3, -0.25) is 0 Å². The normalized spacial score (nSPS) is 9.11. The Morgan fingerprint density at radius 3 is 1.67 bits per heavy atom. The average molecular weight is 253 g/mol. The number of carboxylic acid groups (broad SMARTS) is 1. The second-order valence-electron chi connectivity index (χ2n) is 1.01. The molecule has 0 saturated heterocycles. The molecule has 0 aliphatic rings. The number of rotatable bonds is 1. The Balaban J connectivity index is -0.0000000417. The average Bonchev–Trinajstić information content (AvgIpc) is 1.36. The maximum Gasteiger partial charge on any atom is 0 e. The molecule has 0 radical (unpaired) electrons. The Labute approximate surface area is 107 Å². The van der Waals surface area contributed by atoms with Gasteiger partial charge in [0.15, 0.2) is 0 Å². The molecule has 9 heavy (non-hydrogen) atoms. The van der Waals surface area contributed by atoms with Crippen LogP contribution in [0.4, 0.5) is 0 Å². The van der Waals surface area contributed by atoms with E-state index in [9.17, 15) is 4.79 Å². The van der Waals surface area contributed by atoms with Gasteiger partial charge in [-0.15, -0.1) is 0 Å². The molecule has 1 unspecified atom stereocenters. The molecule has 0 spiro atoms. The van der Waals surface area contributed by atoms with Gasteiger partial charge < -0.3 is 10.2 Å². The zero-order valence-corrected chi connectivity index (χ0v) is 8.51. The van der Waals surface area contributed by atoms with Crippen molar-refractivity contribution in [2.45, 2.75) is 13.0 Å². The van der Waals surface area contributed by atoms with E-state index in [2.05, 4.69) is 0 Å². The molecule has 0 heterocycles. The number of hydrogen-bond donors (Lipinski definition) is 2. The zero-order chi connectivity index (χ0) is 5.15. The van der Waals surface area contributed by atoms with E-state index in [4.69, 9.17) is 10.2 Å². The molecule has 0 rings (SSSR count). The first-order valence-corrected chi connectivity index (χ1v) is 1.55. The van der Waals surface area contributed by atoms with Crippen LogP contribution in [0.1, 0.15) is 6.92 Å². The van der Waals surface area contributed by atoms with Crippen LogP contribution in [0.5, 0.6) is 0 Å². The number of aliphatic carboxylic acids is 1. The van der Waals surface area contributed by atoms with Gasteiger partial charge in [0.25, 0.3) is 0 Å². The van der Waals surface area contributed by atoms with Crippen molar-refractivity contribution >= 4 is 43.7 Å². The minimum atomic E-state index is -1.23. The van der Waals surface area contributed by atoms with Crippen LogP contribution in [0, 0.1) is 0 Å². The minimum Gasteiger partial charge on any atom is 0 e. The van der Waals surface area contributed by atoms with Crippen molar-refractivity contribution in [2.75, 3.05) is 0 Å². The standard InChI is InChI=1S/C3H6O3.Ca.Fe.Zn.2H/c1-2(4)3(5)6;;;;;/h2,4H,1H3,(H,5,6);;;;;. The van der Waals surface area contributed by atoms with E-state index in [1.54, 1.807) is 0 Å². The summed E-state index contributed by atoms with van der Waals surface area (Å²) in [5.41, 5.74) is 0. The molecule has 0 aromatic carbocycles. The van der Waals surface area contributed by atoms with Crippen molar-refractivity contribution in [3.8, 4) is 0 Å². The van der Waals surface area contributed by atoms with E-state index >= 15 is 0 Å². The van der Waals surface area contributed by atoms with Gasteiger partial charge in [0.2, 0.25) is 0 Å². The quantitative estimate of drug-likeness (QED) is 0.561. The maximum atomic E-state index is 9.45. The summed E-state index contributed by atoms with van der Waals surface area (Å²) in [6, 6.07) is 0. The third-order valence-corrected chi connectivity index (χ3v) is 0.357. The van der Waals surface area contributed by atoms with Gasteiger partial charge in [-0.25, -0.2) is 4.79 Å². The number of carbonyl (C=O) groups is 1. The second kappa shape index (κ2) is 12.5. The molecule has 1 atom stereocenters. The Morgan fingerprint density at radius 1 is 1.56 bits per heavy atom. The molecule has 6 heteroatoms. The van der Waals surface area contributed by atoms with E-state index in [-0.39, 0.29) is 74.3 Å². The monoisotopic (exact) mass is 252 g/mol. The van der Waals surface area contributed by atoms with Crippen molar-refractivity contribution in [1.29, 1.82) is 0 Å². The Bertz CT molecular complexity index is 70.1. The summed E-state index contributed by atoms with van der Waals surface area (Å²) in [6.07, 6.45) is -1.23. The van der Waals surface area contributed by atoms with E-state index in [0.29, 0.717) is 0 Å². The number of aliphatic hydroxyl groups is 1. The van der Waals surface area contributed by atoms with Gasteiger partial charge in [0.1, 0.15) is 6.10 Å². The molecular weight excluding hydrogens is 245 g/mol. The molecule has 0 bridgehead atoms. The summed E-state index contributed by atoms with van der Waals surface area (Å²) < 4.78 is 0. The fourth-order valence-electron chi connectivity index (χ4n) is 0. The van der Waals surface area contributed by atoms with Crippen molar-refractivity contribution in [1.82, 2.24) is 0 Å². The molecular formula is C3H8CaFeO3Zn. The minimum absolute atomic E-state index is 0. The fraction of sp³-hybridized carbons (Fsp3) is 0.667. The third-order valence-electron chi connectivity index (χ3n) is 0.357. The maximum absolute atomic E-state index is 9.45. The van der Waals surface area contributed by atoms with Crippen LogP contribution >= 0.6 is 0 Å². The van der Waals surface area contributed by atoms with Crippen LogP contribution in [-0.2, 0) is 41.3 Å². The first-order chi connectivity index (χ1) is 2.64. The van der Waals surface area contributed by atoms with E-state index in [0.717, 1.165) is 0 Å². The molecule has 0 fully saturated rings. The summed E-state index contributed by atoms with van der Waals surface area (Å²) in [6.45, 7) is 1.20. The van der Waals surface area contributed by atoms with Crippen LogP contribution in [0.15, 0.2) is 0 Å². The number of hydrogen-bond acceptors (Lipinski definition) is 2. The van der Waals surface area contributed by atoms with Crippen LogP contribution in [0.2, 0.25) is 0 Å². The predicted octanol–water partition coefficient (Wildman–Crippen LogP) is -1.47. The van der Waals surface area contributed by atoms with E-state index < -0.39 is 12.1 Å². The largest absolute Gasteiger partial charge is 0 e. The molecule has 0 aliphatic heterocycles. The van der Waals surface area contributed by atoms with Crippen LogP contribution in [-0.4, -0.2) is 60.0 Å². The van der Waals surface area contributed by atoms with Gasteiger partial charge in [-0.1, -0.05) is 0 Å². The SMILES string of the molecule is CC(O)C(=O)O.[CaH2].[Fe].[Zn]. The molecule has 0 saturated carbocycles. The summed E-state index contributed by atoms with van der Waals surface area (Å²) in [5.74, 6) is -1.19. The van der Waals surface area contributed by atoms with Crippen molar-refractivity contribution < 1.29 is 51.6 Å². The van der Waals surface area contributed by atoms with Crippen molar-refractivity contribution in [3.63, 3.8) is 0 Å². The number of carboxylic acids is 1. The van der Waals surface area contributed by atoms with Gasteiger partial charge in [-0.05, 0) is 6.92 Å². The smallest absolute Gasteiger partial charge is 0 e. The van der Waals surface area contributed by atoms with Crippen LogP contribution in [0.25, 0.3) is 0 Å². The van der Waals surface area contributed by atoms with Crippen LogP contribution in [0.3, 0.4) is 0 Å². The predicted molar refractivity (Wildman–Crippen MR) is 27.9 cm³/mol. The first-order valence-electron chi connectivity index (χ1n) is 1.55. The Kier molecular flexibility index (Phi) is 31.2. The zero-order valence-electron chi connectivity index (χ0n) is 4.44.